The summed E-state index contributed by atoms with van der Waals surface area (Å²) in [6, 6.07) is 0. The third kappa shape index (κ3) is 1.11. The second-order valence-corrected chi connectivity index (χ2v) is 2.97. The average Bonchev–Trinajstić information content (AvgIpc) is 2.51. The fourth-order valence-electron chi connectivity index (χ4n) is 1.11. The number of alkyl halides is 2. The Morgan fingerprint density at radius 3 is 2.42 bits per heavy atom. The molecule has 12 heavy (non-hydrogen) atoms. The number of halogens is 2. The summed E-state index contributed by atoms with van der Waals surface area (Å²) in [6.07, 6.45) is 2.58. The molecular formula is C8H10F2O2. The van der Waals surface area contributed by atoms with Gasteiger partial charge in [-0.05, 0) is 6.42 Å². The molecule has 0 bridgehead atoms. The Kier molecular flexibility index (Phi) is 1.94. The summed E-state index contributed by atoms with van der Waals surface area (Å²) >= 11 is 0. The van der Waals surface area contributed by atoms with Crippen molar-refractivity contribution >= 4 is 5.97 Å². The molecule has 0 aromatic carbocycles. The highest BCUT2D eigenvalue weighted by Gasteiger charge is 2.74. The molecular weight excluding hydrogens is 166 g/mol. The summed E-state index contributed by atoms with van der Waals surface area (Å²) in [7, 11) is 0. The molecule has 1 aliphatic carbocycles. The summed E-state index contributed by atoms with van der Waals surface area (Å²) in [5.74, 6) is -4.48. The standard InChI is InChI=1S/C8H10F2O2/c1-2-3-4-7(6(11)12)5-8(7,9)10/h3-4H,2,5H2,1H3,(H,11,12)/b4-3+. The van der Waals surface area contributed by atoms with Gasteiger partial charge in [-0.1, -0.05) is 19.1 Å². The zero-order chi connectivity index (χ0) is 9.41. The van der Waals surface area contributed by atoms with Gasteiger partial charge in [0.25, 0.3) is 5.92 Å². The van der Waals surface area contributed by atoms with E-state index in [2.05, 4.69) is 0 Å². The molecule has 1 rings (SSSR count). The van der Waals surface area contributed by atoms with E-state index in [1.54, 1.807) is 6.92 Å². The molecule has 0 heterocycles. The maximum absolute atomic E-state index is 12.6. The molecule has 0 spiro atoms. The van der Waals surface area contributed by atoms with Crippen LogP contribution in [0.25, 0.3) is 0 Å². The minimum Gasteiger partial charge on any atom is -0.480 e. The van der Waals surface area contributed by atoms with Crippen molar-refractivity contribution in [3.8, 4) is 0 Å². The summed E-state index contributed by atoms with van der Waals surface area (Å²) in [5, 5.41) is 8.53. The van der Waals surface area contributed by atoms with Crippen LogP contribution in [-0.4, -0.2) is 17.0 Å². The molecule has 1 aliphatic rings. The number of allylic oxidation sites excluding steroid dienone is 1. The summed E-state index contributed by atoms with van der Waals surface area (Å²) in [5.41, 5.74) is -1.90. The van der Waals surface area contributed by atoms with Crippen molar-refractivity contribution < 1.29 is 18.7 Å². The lowest BCUT2D eigenvalue weighted by Gasteiger charge is -2.03. The van der Waals surface area contributed by atoms with Gasteiger partial charge in [-0.2, -0.15) is 0 Å². The number of carboxylic acid groups (broad SMARTS) is 1. The maximum atomic E-state index is 12.6. The van der Waals surface area contributed by atoms with Crippen LogP contribution in [-0.2, 0) is 4.79 Å². The van der Waals surface area contributed by atoms with Crippen molar-refractivity contribution in [3.63, 3.8) is 0 Å². The van der Waals surface area contributed by atoms with Crippen LogP contribution in [0.4, 0.5) is 8.78 Å². The predicted octanol–water partition coefficient (Wildman–Crippen LogP) is 2.06. The first kappa shape index (κ1) is 9.16. The van der Waals surface area contributed by atoms with Crippen molar-refractivity contribution in [2.45, 2.75) is 25.7 Å². The molecule has 0 saturated heterocycles. The lowest BCUT2D eigenvalue weighted by molar-refractivity contribution is -0.144. The van der Waals surface area contributed by atoms with Crippen LogP contribution in [0.5, 0.6) is 0 Å². The Morgan fingerprint density at radius 1 is 1.67 bits per heavy atom. The van der Waals surface area contributed by atoms with E-state index in [0.717, 1.165) is 6.08 Å². The van der Waals surface area contributed by atoms with Crippen LogP contribution in [0, 0.1) is 5.41 Å². The number of carbonyl (C=O) groups is 1. The smallest absolute Gasteiger partial charge is 0.319 e. The lowest BCUT2D eigenvalue weighted by Crippen LogP contribution is -2.19. The van der Waals surface area contributed by atoms with E-state index in [1.165, 1.54) is 6.08 Å². The van der Waals surface area contributed by atoms with Crippen LogP contribution < -0.4 is 0 Å². The largest absolute Gasteiger partial charge is 0.480 e. The van der Waals surface area contributed by atoms with E-state index in [4.69, 9.17) is 5.11 Å². The van der Waals surface area contributed by atoms with E-state index >= 15 is 0 Å². The third-order valence-corrected chi connectivity index (χ3v) is 2.05. The molecule has 0 radical (unpaired) electrons. The molecule has 0 aromatic heterocycles. The Labute approximate surface area is 68.9 Å². The van der Waals surface area contributed by atoms with Crippen LogP contribution in [0.2, 0.25) is 0 Å². The number of rotatable bonds is 3. The van der Waals surface area contributed by atoms with Gasteiger partial charge in [0.1, 0.15) is 0 Å². The molecule has 1 unspecified atom stereocenters. The number of hydrogen-bond acceptors (Lipinski definition) is 1. The van der Waals surface area contributed by atoms with Crippen LogP contribution in [0.15, 0.2) is 12.2 Å². The molecule has 4 heteroatoms. The lowest BCUT2D eigenvalue weighted by atomic mass is 10.1. The highest BCUT2D eigenvalue weighted by Crippen LogP contribution is 2.61. The Hall–Kier alpha value is -0.930. The minimum atomic E-state index is -3.05. The average molecular weight is 176 g/mol. The molecule has 0 aromatic rings. The van der Waals surface area contributed by atoms with Gasteiger partial charge in [-0.25, -0.2) is 8.78 Å². The fourth-order valence-corrected chi connectivity index (χ4v) is 1.11. The van der Waals surface area contributed by atoms with Gasteiger partial charge in [-0.15, -0.1) is 0 Å². The number of hydrogen-bond donors (Lipinski definition) is 1. The molecule has 1 atom stereocenters. The monoisotopic (exact) mass is 176 g/mol. The Morgan fingerprint density at radius 2 is 2.17 bits per heavy atom. The van der Waals surface area contributed by atoms with Gasteiger partial charge in [0, 0.05) is 6.42 Å². The van der Waals surface area contributed by atoms with E-state index in [1.807, 2.05) is 0 Å². The zero-order valence-electron chi connectivity index (χ0n) is 6.68. The van der Waals surface area contributed by atoms with E-state index in [9.17, 15) is 13.6 Å². The van der Waals surface area contributed by atoms with Crippen LogP contribution in [0.3, 0.4) is 0 Å². The first-order valence-electron chi connectivity index (χ1n) is 3.75. The van der Waals surface area contributed by atoms with Gasteiger partial charge in [0.15, 0.2) is 5.41 Å². The van der Waals surface area contributed by atoms with E-state index in [0.29, 0.717) is 6.42 Å². The Bertz CT molecular complexity index is 235. The first-order valence-corrected chi connectivity index (χ1v) is 3.75. The second kappa shape index (κ2) is 2.54. The highest BCUT2D eigenvalue weighted by molar-refractivity contribution is 5.83. The zero-order valence-corrected chi connectivity index (χ0v) is 6.68. The Balaban J connectivity index is 2.80. The maximum Gasteiger partial charge on any atom is 0.319 e. The molecule has 1 fully saturated rings. The number of carboxylic acids is 1. The highest BCUT2D eigenvalue weighted by atomic mass is 19.3. The van der Waals surface area contributed by atoms with Gasteiger partial charge >= 0.3 is 5.97 Å². The molecule has 1 N–H and O–H groups in total. The quantitative estimate of drug-likeness (QED) is 0.668. The predicted molar refractivity (Wildman–Crippen MR) is 39.1 cm³/mol. The normalized spacial score (nSPS) is 32.2. The van der Waals surface area contributed by atoms with Crippen molar-refractivity contribution in [2.75, 3.05) is 0 Å². The SMILES string of the molecule is CC/C=C/C1(C(=O)O)CC1(F)F. The molecule has 0 aliphatic heterocycles. The second-order valence-electron chi connectivity index (χ2n) is 2.97. The van der Waals surface area contributed by atoms with Gasteiger partial charge in [0.05, 0.1) is 0 Å². The molecule has 2 nitrogen and oxygen atoms in total. The van der Waals surface area contributed by atoms with Gasteiger partial charge in [-0.3, -0.25) is 4.79 Å². The van der Waals surface area contributed by atoms with Gasteiger partial charge < -0.3 is 5.11 Å². The van der Waals surface area contributed by atoms with Crippen molar-refractivity contribution in [1.29, 1.82) is 0 Å². The van der Waals surface area contributed by atoms with E-state index < -0.39 is 23.7 Å². The minimum absolute atomic E-state index is 0.564. The van der Waals surface area contributed by atoms with Crippen molar-refractivity contribution in [3.05, 3.63) is 12.2 Å². The van der Waals surface area contributed by atoms with Gasteiger partial charge in [0.2, 0.25) is 0 Å². The molecule has 0 amide bonds. The summed E-state index contributed by atoms with van der Waals surface area (Å²) in [6.45, 7) is 1.77. The van der Waals surface area contributed by atoms with Crippen molar-refractivity contribution in [1.82, 2.24) is 0 Å². The number of aliphatic carboxylic acids is 1. The van der Waals surface area contributed by atoms with Crippen LogP contribution in [0.1, 0.15) is 19.8 Å². The van der Waals surface area contributed by atoms with Crippen LogP contribution >= 0.6 is 0 Å². The van der Waals surface area contributed by atoms with Crippen molar-refractivity contribution in [2.24, 2.45) is 5.41 Å². The summed E-state index contributed by atoms with van der Waals surface area (Å²) < 4.78 is 25.2. The molecule has 1 saturated carbocycles. The third-order valence-electron chi connectivity index (χ3n) is 2.05. The first-order chi connectivity index (χ1) is 5.46. The fraction of sp³-hybridized carbons (Fsp3) is 0.625. The topological polar surface area (TPSA) is 37.3 Å². The van der Waals surface area contributed by atoms with E-state index in [-0.39, 0.29) is 0 Å². The molecule has 68 valence electrons. The summed E-state index contributed by atoms with van der Waals surface area (Å²) in [4.78, 5) is 10.5.